The highest BCUT2D eigenvalue weighted by molar-refractivity contribution is 7.89. The van der Waals surface area contributed by atoms with Crippen LogP contribution in [0.1, 0.15) is 50.0 Å². The molecule has 2 aromatic carbocycles. The molecule has 3 aliphatic rings. The van der Waals surface area contributed by atoms with Gasteiger partial charge in [0.1, 0.15) is 17.7 Å². The number of aliphatic carboxylic acids is 1. The number of nitrogens with zero attached hydrogens (tertiary/aromatic N) is 2. The number of carbonyl (C=O) groups is 1. The third kappa shape index (κ3) is 8.79. The van der Waals surface area contributed by atoms with E-state index in [1.54, 1.807) is 12.1 Å². The summed E-state index contributed by atoms with van der Waals surface area (Å²) in [5.41, 5.74) is 0.989. The summed E-state index contributed by atoms with van der Waals surface area (Å²) in [6, 6.07) is 11.2. The topological polar surface area (TPSA) is 90.0 Å². The molecule has 2 atom stereocenters. The molecule has 0 amide bonds. The van der Waals surface area contributed by atoms with E-state index >= 15 is 0 Å². The molecule has 0 bridgehead atoms. The van der Waals surface area contributed by atoms with Gasteiger partial charge in [-0.15, -0.1) is 0 Å². The first-order chi connectivity index (χ1) is 18.6. The highest BCUT2D eigenvalue weighted by Gasteiger charge is 2.37. The van der Waals surface area contributed by atoms with Crippen molar-refractivity contribution in [3.05, 3.63) is 65.7 Å². The molecule has 39 heavy (non-hydrogen) atoms. The Labute approximate surface area is 230 Å². The van der Waals surface area contributed by atoms with Crippen LogP contribution in [0.3, 0.4) is 0 Å². The van der Waals surface area contributed by atoms with E-state index in [0.29, 0.717) is 18.4 Å². The molecule has 2 heterocycles. The summed E-state index contributed by atoms with van der Waals surface area (Å²) in [6.07, 6.45) is 6.03. The number of nitrogens with one attached hydrogen (secondary N) is 1. The van der Waals surface area contributed by atoms with E-state index in [1.165, 1.54) is 31.0 Å². The van der Waals surface area contributed by atoms with Gasteiger partial charge in [-0.25, -0.2) is 21.9 Å². The monoisotopic (exact) mass is 563 g/mol. The van der Waals surface area contributed by atoms with Gasteiger partial charge < -0.3 is 10.0 Å². The van der Waals surface area contributed by atoms with E-state index in [1.807, 2.05) is 6.07 Å². The Morgan fingerprint density at radius 1 is 0.974 bits per heavy atom. The third-order valence-corrected chi connectivity index (χ3v) is 9.48. The number of hydrogen-bond acceptors (Lipinski definition) is 5. The summed E-state index contributed by atoms with van der Waals surface area (Å²) in [4.78, 5) is 15.9. The van der Waals surface area contributed by atoms with Gasteiger partial charge in [-0.1, -0.05) is 25.0 Å². The summed E-state index contributed by atoms with van der Waals surface area (Å²) >= 11 is 0. The molecule has 0 aromatic heterocycles. The molecule has 2 unspecified atom stereocenters. The number of rotatable bonds is 9. The number of sulfonamides is 1. The largest absolute Gasteiger partial charge is 0.480 e. The van der Waals surface area contributed by atoms with Crippen molar-refractivity contribution in [1.82, 2.24) is 14.5 Å². The molecule has 1 saturated carbocycles. The van der Waals surface area contributed by atoms with Crippen LogP contribution in [0.4, 0.5) is 8.78 Å². The Morgan fingerprint density at radius 3 is 2.28 bits per heavy atom. The molecule has 2 saturated heterocycles. The van der Waals surface area contributed by atoms with Gasteiger partial charge in [-0.2, -0.15) is 0 Å². The molecule has 5 rings (SSSR count). The van der Waals surface area contributed by atoms with Crippen molar-refractivity contribution in [1.29, 1.82) is 0 Å². The molecule has 10 heteroatoms. The molecule has 3 fully saturated rings. The lowest BCUT2D eigenvalue weighted by Crippen LogP contribution is -2.40. The zero-order chi connectivity index (χ0) is 28.0. The number of carboxylic acids is 1. The second kappa shape index (κ2) is 13.3. The van der Waals surface area contributed by atoms with E-state index in [-0.39, 0.29) is 22.7 Å². The normalized spacial score (nSPS) is 21.8. The van der Waals surface area contributed by atoms with E-state index in [9.17, 15) is 27.1 Å². The van der Waals surface area contributed by atoms with E-state index in [2.05, 4.69) is 21.6 Å². The van der Waals surface area contributed by atoms with Crippen LogP contribution < -0.4 is 4.72 Å². The molecule has 214 valence electrons. The van der Waals surface area contributed by atoms with Gasteiger partial charge in [0.15, 0.2) is 0 Å². The predicted molar refractivity (Wildman–Crippen MR) is 146 cm³/mol. The van der Waals surface area contributed by atoms with Gasteiger partial charge >= 0.3 is 5.97 Å². The Morgan fingerprint density at radius 2 is 1.67 bits per heavy atom. The lowest BCUT2D eigenvalue weighted by Gasteiger charge is -2.28. The fourth-order valence-corrected chi connectivity index (χ4v) is 6.49. The minimum atomic E-state index is -3.52. The Balaban J connectivity index is 0.000000181. The maximum Gasteiger partial charge on any atom is 0.320 e. The van der Waals surface area contributed by atoms with Crippen LogP contribution in [0.15, 0.2) is 53.4 Å². The molecular formula is C29H39F2N3O4S. The van der Waals surface area contributed by atoms with Gasteiger partial charge in [-0.05, 0) is 112 Å². The molecule has 0 spiro atoms. The fraction of sp³-hybridized carbons (Fsp3) is 0.552. The molecule has 2 N–H and O–H groups in total. The van der Waals surface area contributed by atoms with Crippen LogP contribution >= 0.6 is 0 Å². The fourth-order valence-electron chi connectivity index (χ4n) is 5.37. The molecular weight excluding hydrogens is 524 g/mol. The van der Waals surface area contributed by atoms with Crippen LogP contribution in [-0.4, -0.2) is 75.1 Å². The maximum absolute atomic E-state index is 13.3. The number of likely N-dealkylation sites (tertiary alicyclic amines) is 2. The second-order valence-electron chi connectivity index (χ2n) is 11.1. The van der Waals surface area contributed by atoms with Crippen LogP contribution in [-0.2, 0) is 14.8 Å². The lowest BCUT2D eigenvalue weighted by atomic mass is 9.98. The molecule has 7 nitrogen and oxygen atoms in total. The van der Waals surface area contributed by atoms with Crippen molar-refractivity contribution in [3.8, 4) is 0 Å². The van der Waals surface area contributed by atoms with Gasteiger partial charge in [0, 0.05) is 13.1 Å². The predicted octanol–water partition coefficient (Wildman–Crippen LogP) is 4.31. The average molecular weight is 564 g/mol. The number of benzene rings is 2. The minimum absolute atomic E-state index is 0.113. The first kappa shape index (κ1) is 29.6. The summed E-state index contributed by atoms with van der Waals surface area (Å²) < 4.78 is 52.7. The summed E-state index contributed by atoms with van der Waals surface area (Å²) in [5.74, 6) is -0.123. The van der Waals surface area contributed by atoms with Crippen molar-refractivity contribution in [2.75, 3.05) is 39.8 Å². The van der Waals surface area contributed by atoms with Crippen LogP contribution in [0.2, 0.25) is 0 Å². The standard InChI is InChI=1S/C16H20FNO2.C13H19FN2O2S/c17-14-3-1-2-12(9-14)13-6-7-18(10-13)15(16(19)20)8-11-4-5-11;1-16-8-6-11(7-9-16)10-15-19(17,18)13-4-2-12(14)3-5-13/h1-3,9,11,13,15H,4-8,10H2,(H,19,20);2-5,11,15H,6-10H2,1H3. The van der Waals surface area contributed by atoms with Gasteiger partial charge in [-0.3, -0.25) is 9.69 Å². The summed E-state index contributed by atoms with van der Waals surface area (Å²) in [7, 11) is -1.45. The zero-order valence-electron chi connectivity index (χ0n) is 22.4. The highest BCUT2D eigenvalue weighted by Crippen LogP contribution is 2.37. The molecule has 2 aromatic rings. The van der Waals surface area contributed by atoms with Crippen molar-refractivity contribution in [3.63, 3.8) is 0 Å². The van der Waals surface area contributed by atoms with Crippen LogP contribution in [0, 0.1) is 23.5 Å². The first-order valence-corrected chi connectivity index (χ1v) is 15.2. The van der Waals surface area contributed by atoms with Crippen molar-refractivity contribution >= 4 is 16.0 Å². The summed E-state index contributed by atoms with van der Waals surface area (Å²) in [5, 5.41) is 9.41. The highest BCUT2D eigenvalue weighted by atomic mass is 32.2. The van der Waals surface area contributed by atoms with Gasteiger partial charge in [0.05, 0.1) is 4.90 Å². The smallest absolute Gasteiger partial charge is 0.320 e. The molecule has 0 radical (unpaired) electrons. The van der Waals surface area contributed by atoms with Gasteiger partial charge in [0.2, 0.25) is 10.0 Å². The van der Waals surface area contributed by atoms with Crippen molar-refractivity contribution in [2.24, 2.45) is 11.8 Å². The Kier molecular flexibility index (Phi) is 10.1. The SMILES string of the molecule is CN1CCC(CNS(=O)(=O)c2ccc(F)cc2)CC1.O=C(O)C(CC1CC1)N1CCC(c2cccc(F)c2)C1. The lowest BCUT2D eigenvalue weighted by molar-refractivity contribution is -0.143. The van der Waals surface area contributed by atoms with E-state index < -0.39 is 21.8 Å². The number of halogens is 2. The zero-order valence-corrected chi connectivity index (χ0v) is 23.3. The van der Waals surface area contributed by atoms with Crippen LogP contribution in [0.25, 0.3) is 0 Å². The Hall–Kier alpha value is -2.40. The molecule has 2 aliphatic heterocycles. The quantitative estimate of drug-likeness (QED) is 0.473. The van der Waals surface area contributed by atoms with Gasteiger partial charge in [0.25, 0.3) is 0 Å². The number of hydrogen-bond donors (Lipinski definition) is 2. The Bertz CT molecular complexity index is 1200. The van der Waals surface area contributed by atoms with Crippen molar-refractivity contribution < 1.29 is 27.1 Å². The molecule has 1 aliphatic carbocycles. The summed E-state index contributed by atoms with van der Waals surface area (Å²) in [6.45, 7) is 3.98. The number of carboxylic acid groups (broad SMARTS) is 1. The minimum Gasteiger partial charge on any atom is -0.480 e. The van der Waals surface area contributed by atoms with E-state index in [0.717, 1.165) is 69.6 Å². The van der Waals surface area contributed by atoms with Crippen molar-refractivity contribution in [2.45, 2.75) is 55.4 Å². The number of piperidine rings is 1. The third-order valence-electron chi connectivity index (χ3n) is 8.04. The average Bonchev–Trinajstić information content (AvgIpc) is 3.61. The first-order valence-electron chi connectivity index (χ1n) is 13.8. The van der Waals surface area contributed by atoms with Crippen LogP contribution in [0.5, 0.6) is 0 Å². The van der Waals surface area contributed by atoms with E-state index in [4.69, 9.17) is 0 Å². The second-order valence-corrected chi connectivity index (χ2v) is 12.9. The maximum atomic E-state index is 13.3.